The lowest BCUT2D eigenvalue weighted by molar-refractivity contribution is -0.138. The molecule has 1 saturated carbocycles. The molecule has 2 aromatic rings. The molecule has 0 saturated heterocycles. The van der Waals surface area contributed by atoms with Crippen LogP contribution in [0.2, 0.25) is 0 Å². The molecule has 0 spiro atoms. The monoisotopic (exact) mass is 448 g/mol. The van der Waals surface area contributed by atoms with E-state index in [4.69, 9.17) is 4.74 Å². The number of nitrogens with zero attached hydrogens (tertiary/aromatic N) is 2. The summed E-state index contributed by atoms with van der Waals surface area (Å²) in [5.41, 5.74) is 1.13. The fourth-order valence-corrected chi connectivity index (χ4v) is 3.78. The first-order valence-corrected chi connectivity index (χ1v) is 10.1. The molecule has 0 N–H and O–H groups in total. The molecule has 0 bridgehead atoms. The molecule has 1 heterocycles. The maximum Gasteiger partial charge on any atom is 0.340 e. The van der Waals surface area contributed by atoms with Gasteiger partial charge in [0.15, 0.2) is 6.61 Å². The molecule has 1 aliphatic rings. The normalized spacial score (nSPS) is 14.5. The predicted molar refractivity (Wildman–Crippen MR) is 106 cm³/mol. The van der Waals surface area contributed by atoms with Crippen LogP contribution in [0.25, 0.3) is 0 Å². The highest BCUT2D eigenvalue weighted by Crippen LogP contribution is 2.24. The van der Waals surface area contributed by atoms with Crippen molar-refractivity contribution in [1.82, 2.24) is 9.88 Å². The van der Waals surface area contributed by atoms with E-state index in [1.54, 1.807) is 29.3 Å². The van der Waals surface area contributed by atoms with E-state index in [1.807, 2.05) is 0 Å². The lowest BCUT2D eigenvalue weighted by Gasteiger charge is -2.34. The van der Waals surface area contributed by atoms with Crippen molar-refractivity contribution in [3.63, 3.8) is 0 Å². The number of hydrogen-bond donors (Lipinski definition) is 0. The molecule has 7 heteroatoms. The van der Waals surface area contributed by atoms with Gasteiger partial charge in [0.1, 0.15) is 5.82 Å². The van der Waals surface area contributed by atoms with Gasteiger partial charge < -0.3 is 9.64 Å². The van der Waals surface area contributed by atoms with Crippen molar-refractivity contribution >= 4 is 27.8 Å². The SMILES string of the molecule is O=C(OCC(=O)N(Cc1ccc(F)cc1)C1CCCCC1)c1cncc(Br)c1. The Labute approximate surface area is 172 Å². The second-order valence-corrected chi connectivity index (χ2v) is 7.82. The Morgan fingerprint density at radius 1 is 1.14 bits per heavy atom. The van der Waals surface area contributed by atoms with Crippen LogP contribution in [-0.2, 0) is 16.1 Å². The number of carbonyl (C=O) groups is 2. The zero-order valence-electron chi connectivity index (χ0n) is 15.4. The average molecular weight is 449 g/mol. The molecule has 1 aromatic carbocycles. The summed E-state index contributed by atoms with van der Waals surface area (Å²) in [6, 6.07) is 7.84. The second kappa shape index (κ2) is 9.78. The highest BCUT2D eigenvalue weighted by molar-refractivity contribution is 9.10. The van der Waals surface area contributed by atoms with E-state index >= 15 is 0 Å². The van der Waals surface area contributed by atoms with Crippen molar-refractivity contribution in [1.29, 1.82) is 0 Å². The number of benzene rings is 1. The Bertz CT molecular complexity index is 823. The molecule has 3 rings (SSSR count). The van der Waals surface area contributed by atoms with Crippen LogP contribution in [0, 0.1) is 5.82 Å². The number of esters is 1. The molecule has 0 radical (unpaired) electrons. The van der Waals surface area contributed by atoms with E-state index in [9.17, 15) is 14.0 Å². The summed E-state index contributed by atoms with van der Waals surface area (Å²) >= 11 is 3.26. The minimum absolute atomic E-state index is 0.109. The topological polar surface area (TPSA) is 59.5 Å². The molecule has 1 aliphatic carbocycles. The van der Waals surface area contributed by atoms with Crippen molar-refractivity contribution in [3.8, 4) is 0 Å². The van der Waals surface area contributed by atoms with Crippen molar-refractivity contribution < 1.29 is 18.7 Å². The second-order valence-electron chi connectivity index (χ2n) is 6.91. The molecule has 1 fully saturated rings. The van der Waals surface area contributed by atoms with Gasteiger partial charge in [-0.25, -0.2) is 9.18 Å². The van der Waals surface area contributed by atoms with Crippen LogP contribution in [-0.4, -0.2) is 34.4 Å². The van der Waals surface area contributed by atoms with Crippen LogP contribution >= 0.6 is 15.9 Å². The number of halogens is 2. The molecular formula is C21H22BrFN2O3. The van der Waals surface area contributed by atoms with Gasteiger partial charge in [0, 0.05) is 29.5 Å². The quantitative estimate of drug-likeness (QED) is 0.610. The molecule has 5 nitrogen and oxygen atoms in total. The van der Waals surface area contributed by atoms with Crippen LogP contribution < -0.4 is 0 Å². The molecule has 0 atom stereocenters. The summed E-state index contributed by atoms with van der Waals surface area (Å²) in [7, 11) is 0. The summed E-state index contributed by atoms with van der Waals surface area (Å²) in [5, 5.41) is 0. The van der Waals surface area contributed by atoms with E-state index in [0.717, 1.165) is 31.2 Å². The number of aromatic nitrogens is 1. The summed E-state index contributed by atoms with van der Waals surface area (Å²) in [4.78, 5) is 30.8. The van der Waals surface area contributed by atoms with E-state index < -0.39 is 5.97 Å². The van der Waals surface area contributed by atoms with Gasteiger partial charge in [-0.1, -0.05) is 31.4 Å². The van der Waals surface area contributed by atoms with E-state index in [2.05, 4.69) is 20.9 Å². The number of rotatable bonds is 6. The number of hydrogen-bond acceptors (Lipinski definition) is 4. The molecule has 148 valence electrons. The van der Waals surface area contributed by atoms with Gasteiger partial charge in [0.05, 0.1) is 5.56 Å². The largest absolute Gasteiger partial charge is 0.452 e. The van der Waals surface area contributed by atoms with Gasteiger partial charge >= 0.3 is 5.97 Å². The first-order valence-electron chi connectivity index (χ1n) is 9.34. The fraction of sp³-hybridized carbons (Fsp3) is 0.381. The van der Waals surface area contributed by atoms with Crippen molar-refractivity contribution in [2.45, 2.75) is 44.7 Å². The van der Waals surface area contributed by atoms with Crippen LogP contribution in [0.5, 0.6) is 0 Å². The molecule has 1 amide bonds. The van der Waals surface area contributed by atoms with E-state index in [1.165, 1.54) is 24.8 Å². The Morgan fingerprint density at radius 2 is 1.86 bits per heavy atom. The summed E-state index contributed by atoms with van der Waals surface area (Å²) in [6.45, 7) is 0.0445. The third-order valence-electron chi connectivity index (χ3n) is 4.87. The third-order valence-corrected chi connectivity index (χ3v) is 5.30. The van der Waals surface area contributed by atoms with Crippen molar-refractivity contribution in [2.24, 2.45) is 0 Å². The Kier molecular flexibility index (Phi) is 7.14. The zero-order valence-corrected chi connectivity index (χ0v) is 17.0. The number of amides is 1. The summed E-state index contributed by atoms with van der Waals surface area (Å²) < 4.78 is 19.1. The first kappa shape index (κ1) is 20.5. The molecule has 0 aliphatic heterocycles. The molecule has 1 aromatic heterocycles. The van der Waals surface area contributed by atoms with Gasteiger partial charge in [0.2, 0.25) is 0 Å². The Balaban J connectivity index is 1.67. The van der Waals surface area contributed by atoms with Crippen molar-refractivity contribution in [2.75, 3.05) is 6.61 Å². The predicted octanol–water partition coefficient (Wildman–Crippen LogP) is 4.50. The lowest BCUT2D eigenvalue weighted by atomic mass is 9.93. The molecule has 0 unspecified atom stereocenters. The fourth-order valence-electron chi connectivity index (χ4n) is 3.42. The van der Waals surface area contributed by atoms with Gasteiger partial charge in [-0.2, -0.15) is 0 Å². The summed E-state index contributed by atoms with van der Waals surface area (Å²) in [5.74, 6) is -1.14. The van der Waals surface area contributed by atoms with Crippen LogP contribution in [0.1, 0.15) is 48.0 Å². The van der Waals surface area contributed by atoms with Crippen LogP contribution in [0.3, 0.4) is 0 Å². The van der Waals surface area contributed by atoms with Crippen LogP contribution in [0.4, 0.5) is 4.39 Å². The van der Waals surface area contributed by atoms with Gasteiger partial charge in [-0.05, 0) is 52.5 Å². The highest BCUT2D eigenvalue weighted by Gasteiger charge is 2.26. The number of carbonyl (C=O) groups excluding carboxylic acids is 2. The Morgan fingerprint density at radius 3 is 2.54 bits per heavy atom. The number of pyridine rings is 1. The molecule has 28 heavy (non-hydrogen) atoms. The highest BCUT2D eigenvalue weighted by atomic mass is 79.9. The maximum absolute atomic E-state index is 13.2. The minimum atomic E-state index is -0.590. The minimum Gasteiger partial charge on any atom is -0.452 e. The standard InChI is InChI=1S/C21H22BrFN2O3/c22-17-10-16(11-24-12-17)21(27)28-14-20(26)25(19-4-2-1-3-5-19)13-15-6-8-18(23)9-7-15/h6-12,19H,1-5,13-14H2. The summed E-state index contributed by atoms with van der Waals surface area (Å²) in [6.07, 6.45) is 8.12. The lowest BCUT2D eigenvalue weighted by Crippen LogP contribution is -2.43. The van der Waals surface area contributed by atoms with Gasteiger partial charge in [-0.3, -0.25) is 9.78 Å². The zero-order chi connectivity index (χ0) is 19.9. The Hall–Kier alpha value is -2.28. The van der Waals surface area contributed by atoms with E-state index in [0.29, 0.717) is 11.0 Å². The number of ether oxygens (including phenoxy) is 1. The van der Waals surface area contributed by atoms with Gasteiger partial charge in [-0.15, -0.1) is 0 Å². The van der Waals surface area contributed by atoms with Gasteiger partial charge in [0.25, 0.3) is 5.91 Å². The van der Waals surface area contributed by atoms with Crippen molar-refractivity contribution in [3.05, 3.63) is 64.1 Å². The average Bonchev–Trinajstić information content (AvgIpc) is 2.72. The molecular weight excluding hydrogens is 427 g/mol. The smallest absolute Gasteiger partial charge is 0.340 e. The van der Waals surface area contributed by atoms with Crippen LogP contribution in [0.15, 0.2) is 47.2 Å². The maximum atomic E-state index is 13.2. The first-order chi connectivity index (χ1) is 13.5. The third kappa shape index (κ3) is 5.61. The van der Waals surface area contributed by atoms with E-state index in [-0.39, 0.29) is 29.9 Å².